The van der Waals surface area contributed by atoms with E-state index >= 15 is 0 Å². The van der Waals surface area contributed by atoms with Crippen molar-refractivity contribution < 1.29 is 9.13 Å². The van der Waals surface area contributed by atoms with Crippen molar-refractivity contribution >= 4 is 0 Å². The van der Waals surface area contributed by atoms with E-state index in [4.69, 9.17) is 10.5 Å². The van der Waals surface area contributed by atoms with Gasteiger partial charge in [0.1, 0.15) is 11.6 Å². The molecule has 3 heteroatoms. The van der Waals surface area contributed by atoms with Gasteiger partial charge in [0.25, 0.3) is 0 Å². The van der Waals surface area contributed by atoms with Crippen molar-refractivity contribution in [3.05, 3.63) is 65.5 Å². The van der Waals surface area contributed by atoms with Gasteiger partial charge in [-0.1, -0.05) is 37.3 Å². The number of ether oxygens (including phenoxy) is 1. The van der Waals surface area contributed by atoms with Gasteiger partial charge in [-0.2, -0.15) is 0 Å². The largest absolute Gasteiger partial charge is 0.496 e. The molecule has 0 bridgehead atoms. The zero-order chi connectivity index (χ0) is 14.5. The van der Waals surface area contributed by atoms with E-state index in [0.717, 1.165) is 5.56 Å². The summed E-state index contributed by atoms with van der Waals surface area (Å²) in [5.74, 6) is 0.629. The molecule has 2 unspecified atom stereocenters. The van der Waals surface area contributed by atoms with E-state index in [1.165, 1.54) is 17.7 Å². The first-order valence-electron chi connectivity index (χ1n) is 6.75. The molecule has 0 heterocycles. The number of hydrogen-bond acceptors (Lipinski definition) is 2. The lowest BCUT2D eigenvalue weighted by Crippen LogP contribution is -2.19. The molecule has 0 aliphatic carbocycles. The maximum absolute atomic E-state index is 13.5. The van der Waals surface area contributed by atoms with Crippen LogP contribution in [0.5, 0.6) is 5.75 Å². The van der Waals surface area contributed by atoms with Crippen molar-refractivity contribution in [1.29, 1.82) is 0 Å². The highest BCUT2D eigenvalue weighted by atomic mass is 19.1. The van der Waals surface area contributed by atoms with Gasteiger partial charge in [0.05, 0.1) is 7.11 Å². The van der Waals surface area contributed by atoms with Gasteiger partial charge in [-0.15, -0.1) is 0 Å². The van der Waals surface area contributed by atoms with Crippen molar-refractivity contribution in [2.75, 3.05) is 13.7 Å². The van der Waals surface area contributed by atoms with E-state index in [0.29, 0.717) is 12.3 Å². The van der Waals surface area contributed by atoms with Crippen LogP contribution < -0.4 is 10.5 Å². The molecule has 0 aliphatic heterocycles. The SMILES string of the molecule is COc1ccc(F)cc1C(CN)C(C)c1ccccc1. The van der Waals surface area contributed by atoms with Gasteiger partial charge < -0.3 is 10.5 Å². The Morgan fingerprint density at radius 1 is 1.15 bits per heavy atom. The molecule has 2 atom stereocenters. The summed E-state index contributed by atoms with van der Waals surface area (Å²) >= 11 is 0. The average Bonchev–Trinajstić information content (AvgIpc) is 2.49. The number of halogens is 1. The predicted octanol–water partition coefficient (Wildman–Crippen LogP) is 3.68. The number of nitrogens with two attached hydrogens (primary N) is 1. The maximum Gasteiger partial charge on any atom is 0.123 e. The molecule has 0 fully saturated rings. The minimum atomic E-state index is -0.264. The second kappa shape index (κ2) is 6.53. The van der Waals surface area contributed by atoms with Gasteiger partial charge in [0.2, 0.25) is 0 Å². The molecule has 0 aliphatic rings. The third kappa shape index (κ3) is 2.99. The maximum atomic E-state index is 13.5. The summed E-state index contributed by atoms with van der Waals surface area (Å²) < 4.78 is 18.9. The Morgan fingerprint density at radius 3 is 2.45 bits per heavy atom. The van der Waals surface area contributed by atoms with Crippen LogP contribution in [0.1, 0.15) is 29.9 Å². The zero-order valence-corrected chi connectivity index (χ0v) is 11.8. The Bertz CT molecular complexity index is 556. The Morgan fingerprint density at radius 2 is 1.85 bits per heavy atom. The van der Waals surface area contributed by atoms with Crippen LogP contribution in [0.2, 0.25) is 0 Å². The van der Waals surface area contributed by atoms with E-state index in [-0.39, 0.29) is 17.7 Å². The van der Waals surface area contributed by atoms with Crippen LogP contribution in [-0.2, 0) is 0 Å². The fourth-order valence-electron chi connectivity index (χ4n) is 2.58. The van der Waals surface area contributed by atoms with Crippen LogP contribution in [0, 0.1) is 5.82 Å². The van der Waals surface area contributed by atoms with E-state index in [9.17, 15) is 4.39 Å². The van der Waals surface area contributed by atoms with E-state index in [1.54, 1.807) is 13.2 Å². The Balaban J connectivity index is 2.40. The molecule has 2 aromatic rings. The smallest absolute Gasteiger partial charge is 0.123 e. The number of rotatable bonds is 5. The van der Waals surface area contributed by atoms with Crippen molar-refractivity contribution in [3.8, 4) is 5.75 Å². The first-order valence-corrected chi connectivity index (χ1v) is 6.75. The minimum Gasteiger partial charge on any atom is -0.496 e. The highest BCUT2D eigenvalue weighted by molar-refractivity contribution is 5.39. The molecule has 106 valence electrons. The third-order valence-electron chi connectivity index (χ3n) is 3.77. The predicted molar refractivity (Wildman–Crippen MR) is 79.6 cm³/mol. The molecule has 0 saturated heterocycles. The average molecular weight is 273 g/mol. The van der Waals surface area contributed by atoms with Gasteiger partial charge in [0, 0.05) is 11.5 Å². The zero-order valence-electron chi connectivity index (χ0n) is 11.8. The Kier molecular flexibility index (Phi) is 4.74. The highest BCUT2D eigenvalue weighted by Crippen LogP contribution is 2.36. The second-order valence-electron chi connectivity index (χ2n) is 4.93. The molecule has 20 heavy (non-hydrogen) atoms. The molecule has 0 radical (unpaired) electrons. The Hall–Kier alpha value is -1.87. The summed E-state index contributed by atoms with van der Waals surface area (Å²) in [6.45, 7) is 2.55. The number of methoxy groups -OCH3 is 1. The van der Waals surface area contributed by atoms with Gasteiger partial charge >= 0.3 is 0 Å². The first kappa shape index (κ1) is 14.5. The number of hydrogen-bond donors (Lipinski definition) is 1. The molecule has 0 aromatic heterocycles. The van der Waals surface area contributed by atoms with Crippen molar-refractivity contribution in [1.82, 2.24) is 0 Å². The molecule has 2 rings (SSSR count). The first-order chi connectivity index (χ1) is 9.67. The standard InChI is InChI=1S/C17H20FNO/c1-12(13-6-4-3-5-7-13)16(11-19)15-10-14(18)8-9-17(15)20-2/h3-10,12,16H,11,19H2,1-2H3. The molecule has 2 nitrogen and oxygen atoms in total. The van der Waals surface area contributed by atoms with E-state index in [2.05, 4.69) is 19.1 Å². The van der Waals surface area contributed by atoms with Crippen LogP contribution in [0.4, 0.5) is 4.39 Å². The highest BCUT2D eigenvalue weighted by Gasteiger charge is 2.23. The third-order valence-corrected chi connectivity index (χ3v) is 3.77. The fourth-order valence-corrected chi connectivity index (χ4v) is 2.58. The van der Waals surface area contributed by atoms with Gasteiger partial charge in [0.15, 0.2) is 0 Å². The molecule has 0 saturated carbocycles. The summed E-state index contributed by atoms with van der Waals surface area (Å²) in [6, 6.07) is 14.7. The quantitative estimate of drug-likeness (QED) is 0.902. The van der Waals surface area contributed by atoms with E-state index < -0.39 is 0 Å². The molecule has 2 N–H and O–H groups in total. The topological polar surface area (TPSA) is 35.2 Å². The van der Waals surface area contributed by atoms with Crippen LogP contribution in [0.25, 0.3) is 0 Å². The second-order valence-corrected chi connectivity index (χ2v) is 4.93. The molecule has 2 aromatic carbocycles. The van der Waals surface area contributed by atoms with E-state index in [1.807, 2.05) is 18.2 Å². The molecular weight excluding hydrogens is 253 g/mol. The van der Waals surface area contributed by atoms with Crippen LogP contribution in [0.15, 0.2) is 48.5 Å². The minimum absolute atomic E-state index is 0.0167. The monoisotopic (exact) mass is 273 g/mol. The van der Waals surface area contributed by atoms with Crippen molar-refractivity contribution in [2.45, 2.75) is 18.8 Å². The molecular formula is C17H20FNO. The van der Waals surface area contributed by atoms with Crippen LogP contribution in [0.3, 0.4) is 0 Å². The Labute approximate surface area is 119 Å². The summed E-state index contributed by atoms with van der Waals surface area (Å²) in [5, 5.41) is 0. The summed E-state index contributed by atoms with van der Waals surface area (Å²) in [6.07, 6.45) is 0. The summed E-state index contributed by atoms with van der Waals surface area (Å²) in [7, 11) is 1.59. The molecule has 0 amide bonds. The van der Waals surface area contributed by atoms with Gasteiger partial charge in [-0.25, -0.2) is 4.39 Å². The van der Waals surface area contributed by atoms with Gasteiger partial charge in [-0.05, 0) is 36.2 Å². The lowest BCUT2D eigenvalue weighted by molar-refractivity contribution is 0.400. The van der Waals surface area contributed by atoms with Crippen molar-refractivity contribution in [2.24, 2.45) is 5.73 Å². The van der Waals surface area contributed by atoms with Crippen LogP contribution >= 0.6 is 0 Å². The lowest BCUT2D eigenvalue weighted by atomic mass is 9.82. The van der Waals surface area contributed by atoms with Crippen molar-refractivity contribution in [3.63, 3.8) is 0 Å². The normalized spacial score (nSPS) is 13.8. The summed E-state index contributed by atoms with van der Waals surface area (Å²) in [5.41, 5.74) is 7.95. The summed E-state index contributed by atoms with van der Waals surface area (Å²) in [4.78, 5) is 0. The number of benzene rings is 2. The fraction of sp³-hybridized carbons (Fsp3) is 0.294. The lowest BCUT2D eigenvalue weighted by Gasteiger charge is -2.25. The van der Waals surface area contributed by atoms with Gasteiger partial charge in [-0.3, -0.25) is 0 Å². The van der Waals surface area contributed by atoms with Crippen LogP contribution in [-0.4, -0.2) is 13.7 Å². The molecule has 0 spiro atoms.